The predicted molar refractivity (Wildman–Crippen MR) is 96.8 cm³/mol. The van der Waals surface area contributed by atoms with E-state index >= 15 is 0 Å². The van der Waals surface area contributed by atoms with Gasteiger partial charge in [0.1, 0.15) is 0 Å². The second-order valence-corrected chi connectivity index (χ2v) is 6.57. The van der Waals surface area contributed by atoms with E-state index in [1.807, 2.05) is 0 Å². The second-order valence-electron chi connectivity index (χ2n) is 5.87. The molecule has 1 unspecified atom stereocenters. The quantitative estimate of drug-likeness (QED) is 0.765. The molecule has 2 heterocycles. The number of anilines is 1. The van der Waals surface area contributed by atoms with Gasteiger partial charge in [-0.3, -0.25) is 23.8 Å². The molecule has 1 aliphatic rings. The van der Waals surface area contributed by atoms with E-state index in [-0.39, 0.29) is 11.5 Å². The summed E-state index contributed by atoms with van der Waals surface area (Å²) in [5, 5.41) is 0. The van der Waals surface area contributed by atoms with Crippen LogP contribution in [0.2, 0.25) is 0 Å². The highest BCUT2D eigenvalue weighted by Gasteiger charge is 2.26. The summed E-state index contributed by atoms with van der Waals surface area (Å²) < 4.78 is 35.5. The van der Waals surface area contributed by atoms with Gasteiger partial charge in [-0.15, -0.1) is 0 Å². The molecule has 0 saturated carbocycles. The molecule has 8 nitrogen and oxygen atoms in total. The lowest BCUT2D eigenvalue weighted by Crippen LogP contribution is -2.50. The number of carbonyl (C=O) groups is 2. The molecule has 1 atom stereocenters. The van der Waals surface area contributed by atoms with Gasteiger partial charge in [0, 0.05) is 43.6 Å². The summed E-state index contributed by atoms with van der Waals surface area (Å²) in [6.07, 6.45) is 2.36. The van der Waals surface area contributed by atoms with Crippen molar-refractivity contribution in [1.29, 1.82) is 0 Å². The molecule has 1 aromatic heterocycles. The van der Waals surface area contributed by atoms with Gasteiger partial charge in [-0.1, -0.05) is 0 Å². The summed E-state index contributed by atoms with van der Waals surface area (Å²) in [5.74, 6) is -1.29. The standard InChI is InChI=1S/C17H17FN4O4S/c18-15-11-19-6-5-14(15)17(24)22-9-7-21(8-10-22)16(23)12-1-3-13(4-2-12)20-27(25)26/h1-6,11,20H,7-10H2,(H,25,26). The topological polar surface area (TPSA) is 103 Å². The van der Waals surface area contributed by atoms with Gasteiger partial charge in [0.25, 0.3) is 23.1 Å². The molecule has 2 amide bonds. The zero-order valence-corrected chi connectivity index (χ0v) is 15.0. The van der Waals surface area contributed by atoms with Gasteiger partial charge in [-0.25, -0.2) is 8.60 Å². The Hall–Kier alpha value is -2.85. The third-order valence-corrected chi connectivity index (χ3v) is 4.60. The van der Waals surface area contributed by atoms with Crippen molar-refractivity contribution in [1.82, 2.24) is 14.8 Å². The number of benzene rings is 1. The number of pyridine rings is 1. The van der Waals surface area contributed by atoms with Crippen LogP contribution < -0.4 is 4.72 Å². The van der Waals surface area contributed by atoms with E-state index in [1.54, 1.807) is 17.0 Å². The van der Waals surface area contributed by atoms with Crippen molar-refractivity contribution in [2.45, 2.75) is 0 Å². The zero-order valence-electron chi connectivity index (χ0n) is 14.2. The van der Waals surface area contributed by atoms with Gasteiger partial charge in [0.2, 0.25) is 0 Å². The van der Waals surface area contributed by atoms with Crippen LogP contribution in [0.25, 0.3) is 0 Å². The summed E-state index contributed by atoms with van der Waals surface area (Å²) in [7, 11) is 0. The number of hydrogen-bond acceptors (Lipinski definition) is 4. The Morgan fingerprint density at radius 1 is 1.04 bits per heavy atom. The van der Waals surface area contributed by atoms with Gasteiger partial charge in [-0.05, 0) is 30.3 Å². The molecule has 1 saturated heterocycles. The number of amides is 2. The van der Waals surface area contributed by atoms with Crippen molar-refractivity contribution in [2.24, 2.45) is 0 Å². The Morgan fingerprint density at radius 3 is 2.19 bits per heavy atom. The summed E-state index contributed by atoms with van der Waals surface area (Å²) in [4.78, 5) is 31.7. The van der Waals surface area contributed by atoms with Crippen LogP contribution >= 0.6 is 0 Å². The fourth-order valence-electron chi connectivity index (χ4n) is 2.80. The molecule has 2 aromatic rings. The van der Waals surface area contributed by atoms with Gasteiger partial charge >= 0.3 is 0 Å². The number of rotatable bonds is 4. The van der Waals surface area contributed by atoms with Crippen molar-refractivity contribution in [3.8, 4) is 0 Å². The molecule has 1 aromatic carbocycles. The molecular formula is C17H17FN4O4S. The molecule has 10 heteroatoms. The van der Waals surface area contributed by atoms with Crippen molar-refractivity contribution < 1.29 is 22.7 Å². The van der Waals surface area contributed by atoms with Crippen LogP contribution in [0.4, 0.5) is 10.1 Å². The summed E-state index contributed by atoms with van der Waals surface area (Å²) in [5.41, 5.74) is 0.820. The van der Waals surface area contributed by atoms with Crippen molar-refractivity contribution >= 4 is 28.8 Å². The SMILES string of the molecule is O=C(c1ccc(NS(=O)O)cc1)N1CCN(C(=O)c2ccncc2F)CC1. The Bertz CT molecular complexity index is 869. The Morgan fingerprint density at radius 2 is 1.63 bits per heavy atom. The molecule has 0 aliphatic carbocycles. The van der Waals surface area contributed by atoms with Crippen molar-refractivity contribution in [3.63, 3.8) is 0 Å². The molecule has 0 radical (unpaired) electrons. The smallest absolute Gasteiger partial charge is 0.259 e. The molecule has 0 bridgehead atoms. The molecule has 1 fully saturated rings. The second kappa shape index (κ2) is 8.23. The van der Waals surface area contributed by atoms with Gasteiger partial charge < -0.3 is 9.80 Å². The first kappa shape index (κ1) is 18.9. The molecule has 3 rings (SSSR count). The molecule has 2 N–H and O–H groups in total. The summed E-state index contributed by atoms with van der Waals surface area (Å²) in [6.45, 7) is 1.26. The maximum Gasteiger partial charge on any atom is 0.259 e. The third-order valence-electron chi connectivity index (χ3n) is 4.19. The van der Waals surface area contributed by atoms with E-state index in [0.717, 1.165) is 6.20 Å². The lowest BCUT2D eigenvalue weighted by atomic mass is 10.1. The minimum Gasteiger partial charge on any atom is -0.335 e. The lowest BCUT2D eigenvalue weighted by molar-refractivity contribution is 0.0532. The van der Waals surface area contributed by atoms with E-state index in [1.165, 1.54) is 29.3 Å². The highest BCUT2D eigenvalue weighted by molar-refractivity contribution is 7.80. The molecular weight excluding hydrogens is 375 g/mol. The lowest BCUT2D eigenvalue weighted by Gasteiger charge is -2.34. The Labute approximate surface area is 157 Å². The monoisotopic (exact) mass is 392 g/mol. The van der Waals surface area contributed by atoms with Gasteiger partial charge in [0.05, 0.1) is 11.8 Å². The minimum absolute atomic E-state index is 0.0332. The van der Waals surface area contributed by atoms with Crippen LogP contribution in [-0.2, 0) is 11.3 Å². The van der Waals surface area contributed by atoms with Crippen molar-refractivity contribution in [3.05, 3.63) is 59.7 Å². The number of carbonyl (C=O) groups excluding carboxylic acids is 2. The molecule has 1 aliphatic heterocycles. The fourth-order valence-corrected chi connectivity index (χ4v) is 3.13. The maximum atomic E-state index is 13.7. The van der Waals surface area contributed by atoms with E-state index < -0.39 is 23.0 Å². The number of nitrogens with zero attached hydrogens (tertiary/aromatic N) is 3. The number of halogens is 1. The van der Waals surface area contributed by atoms with E-state index in [9.17, 15) is 18.2 Å². The zero-order chi connectivity index (χ0) is 19.4. The first-order chi connectivity index (χ1) is 13.0. The summed E-state index contributed by atoms with van der Waals surface area (Å²) in [6, 6.07) is 7.52. The molecule has 142 valence electrons. The Balaban J connectivity index is 1.60. The highest BCUT2D eigenvalue weighted by atomic mass is 32.2. The normalized spacial score (nSPS) is 15.3. The van der Waals surface area contributed by atoms with Crippen LogP contribution in [0.15, 0.2) is 42.7 Å². The largest absolute Gasteiger partial charge is 0.335 e. The number of nitrogens with one attached hydrogen (secondary N) is 1. The first-order valence-corrected chi connectivity index (χ1v) is 9.22. The summed E-state index contributed by atoms with van der Waals surface area (Å²) >= 11 is -2.18. The number of piperazine rings is 1. The minimum atomic E-state index is -2.18. The third kappa shape index (κ3) is 4.47. The maximum absolute atomic E-state index is 13.7. The highest BCUT2D eigenvalue weighted by Crippen LogP contribution is 2.15. The van der Waals surface area contributed by atoms with E-state index in [4.69, 9.17) is 4.55 Å². The van der Waals surface area contributed by atoms with Crippen LogP contribution in [0, 0.1) is 5.82 Å². The fraction of sp³-hybridized carbons (Fsp3) is 0.235. The van der Waals surface area contributed by atoms with Crippen LogP contribution in [0.3, 0.4) is 0 Å². The average Bonchev–Trinajstić information content (AvgIpc) is 2.67. The average molecular weight is 392 g/mol. The number of aromatic nitrogens is 1. The number of hydrogen-bond donors (Lipinski definition) is 2. The van der Waals surface area contributed by atoms with E-state index in [0.29, 0.717) is 37.4 Å². The van der Waals surface area contributed by atoms with Crippen LogP contribution in [0.5, 0.6) is 0 Å². The van der Waals surface area contributed by atoms with Crippen LogP contribution in [-0.4, -0.2) is 61.5 Å². The predicted octanol–water partition coefficient (Wildman–Crippen LogP) is 1.37. The Kier molecular flexibility index (Phi) is 5.77. The molecule has 0 spiro atoms. The van der Waals surface area contributed by atoms with E-state index in [2.05, 4.69) is 9.71 Å². The van der Waals surface area contributed by atoms with Crippen LogP contribution in [0.1, 0.15) is 20.7 Å². The van der Waals surface area contributed by atoms with Gasteiger partial charge in [-0.2, -0.15) is 0 Å². The first-order valence-electron chi connectivity index (χ1n) is 8.11. The molecule has 27 heavy (non-hydrogen) atoms. The van der Waals surface area contributed by atoms with Crippen molar-refractivity contribution in [2.75, 3.05) is 30.9 Å². The van der Waals surface area contributed by atoms with Gasteiger partial charge in [0.15, 0.2) is 5.82 Å².